The second kappa shape index (κ2) is 8.31. The Balaban J connectivity index is 3.17. The summed E-state index contributed by atoms with van der Waals surface area (Å²) >= 11 is 0. The molecule has 0 aromatic carbocycles. The van der Waals surface area contributed by atoms with Gasteiger partial charge in [0, 0.05) is 12.2 Å². The Morgan fingerprint density at radius 1 is 1.36 bits per heavy atom. The Kier molecular flexibility index (Phi) is 7.55. The van der Waals surface area contributed by atoms with Gasteiger partial charge in [0.1, 0.15) is 6.61 Å². The lowest BCUT2D eigenvalue weighted by Gasteiger charge is -2.03. The summed E-state index contributed by atoms with van der Waals surface area (Å²) in [6.45, 7) is 8.28. The molecule has 80 valence electrons. The van der Waals surface area contributed by atoms with Crippen LogP contribution >= 0.6 is 0 Å². The first-order chi connectivity index (χ1) is 6.68. The third kappa shape index (κ3) is 7.36. The van der Waals surface area contributed by atoms with E-state index >= 15 is 0 Å². The van der Waals surface area contributed by atoms with Gasteiger partial charge in [-0.2, -0.15) is 0 Å². The summed E-state index contributed by atoms with van der Waals surface area (Å²) in [4.78, 5) is 10.3. The van der Waals surface area contributed by atoms with Crippen molar-refractivity contribution in [2.45, 2.75) is 12.8 Å². The summed E-state index contributed by atoms with van der Waals surface area (Å²) in [7, 11) is 0. The summed E-state index contributed by atoms with van der Waals surface area (Å²) in [5.74, 6) is -0.944. The normalized spacial score (nSPS) is 9.43. The number of hydrogen-bond acceptors (Lipinski definition) is 3. The molecule has 0 spiro atoms. The standard InChI is InChI=1S/C10H16O4/c1-3-13-7-8-14-6-4-5-9(2)10(11)12/h3H,1-2,4-8H2,(H,11,12). The van der Waals surface area contributed by atoms with Crippen molar-refractivity contribution in [3.63, 3.8) is 0 Å². The molecule has 4 nitrogen and oxygen atoms in total. The number of hydrogen-bond donors (Lipinski definition) is 1. The summed E-state index contributed by atoms with van der Waals surface area (Å²) < 4.78 is 9.99. The highest BCUT2D eigenvalue weighted by molar-refractivity contribution is 5.85. The number of aliphatic carboxylic acids is 1. The molecular weight excluding hydrogens is 184 g/mol. The molecule has 0 amide bonds. The minimum absolute atomic E-state index is 0.218. The molecule has 4 heteroatoms. The van der Waals surface area contributed by atoms with Gasteiger partial charge in [0.05, 0.1) is 12.9 Å². The highest BCUT2D eigenvalue weighted by Gasteiger charge is 2.02. The van der Waals surface area contributed by atoms with Crippen molar-refractivity contribution in [3.8, 4) is 0 Å². The number of ether oxygens (including phenoxy) is 2. The average molecular weight is 200 g/mol. The molecular formula is C10H16O4. The molecule has 0 aliphatic carbocycles. The van der Waals surface area contributed by atoms with E-state index in [4.69, 9.17) is 14.6 Å². The van der Waals surface area contributed by atoms with Crippen LogP contribution in [0.5, 0.6) is 0 Å². The molecule has 0 saturated carbocycles. The molecule has 0 aliphatic rings. The zero-order valence-electron chi connectivity index (χ0n) is 8.20. The quantitative estimate of drug-likeness (QED) is 0.349. The van der Waals surface area contributed by atoms with Crippen molar-refractivity contribution >= 4 is 5.97 Å². The van der Waals surface area contributed by atoms with Crippen LogP contribution in [0.1, 0.15) is 12.8 Å². The van der Waals surface area contributed by atoms with Gasteiger partial charge in [-0.1, -0.05) is 13.2 Å². The Morgan fingerprint density at radius 2 is 2.07 bits per heavy atom. The lowest BCUT2D eigenvalue weighted by molar-refractivity contribution is -0.132. The van der Waals surface area contributed by atoms with Gasteiger partial charge in [-0.25, -0.2) is 4.79 Å². The summed E-state index contributed by atoms with van der Waals surface area (Å²) in [6, 6.07) is 0. The molecule has 14 heavy (non-hydrogen) atoms. The molecule has 0 aromatic heterocycles. The number of rotatable bonds is 9. The van der Waals surface area contributed by atoms with Gasteiger partial charge >= 0.3 is 5.97 Å². The molecule has 0 saturated heterocycles. The first kappa shape index (κ1) is 12.7. The van der Waals surface area contributed by atoms with Crippen molar-refractivity contribution < 1.29 is 19.4 Å². The third-order valence-corrected chi connectivity index (χ3v) is 1.53. The second-order valence-electron chi connectivity index (χ2n) is 2.66. The Bertz CT molecular complexity index is 198. The molecule has 0 heterocycles. The maximum Gasteiger partial charge on any atom is 0.330 e. The van der Waals surface area contributed by atoms with Gasteiger partial charge in [0.2, 0.25) is 0 Å². The van der Waals surface area contributed by atoms with Crippen LogP contribution in [-0.4, -0.2) is 30.9 Å². The van der Waals surface area contributed by atoms with Gasteiger partial charge in [-0.15, -0.1) is 0 Å². The molecule has 0 atom stereocenters. The fraction of sp³-hybridized carbons (Fsp3) is 0.500. The molecule has 0 aromatic rings. The number of carbonyl (C=O) groups is 1. The molecule has 0 fully saturated rings. The van der Waals surface area contributed by atoms with E-state index in [1.165, 1.54) is 6.26 Å². The van der Waals surface area contributed by atoms with E-state index < -0.39 is 5.97 Å². The largest absolute Gasteiger partial charge is 0.499 e. The van der Waals surface area contributed by atoms with Crippen molar-refractivity contribution in [2.75, 3.05) is 19.8 Å². The van der Waals surface area contributed by atoms with Gasteiger partial charge in [0.15, 0.2) is 0 Å². The van der Waals surface area contributed by atoms with E-state index in [0.717, 1.165) is 0 Å². The van der Waals surface area contributed by atoms with E-state index in [1.807, 2.05) is 0 Å². The minimum Gasteiger partial charge on any atom is -0.499 e. The Morgan fingerprint density at radius 3 is 2.64 bits per heavy atom. The van der Waals surface area contributed by atoms with E-state index in [0.29, 0.717) is 32.7 Å². The predicted molar refractivity (Wildman–Crippen MR) is 53.0 cm³/mol. The van der Waals surface area contributed by atoms with Crippen LogP contribution in [0.4, 0.5) is 0 Å². The van der Waals surface area contributed by atoms with Crippen LogP contribution in [0.25, 0.3) is 0 Å². The summed E-state index contributed by atoms with van der Waals surface area (Å²) in [5, 5.41) is 8.48. The Labute approximate surface area is 83.8 Å². The van der Waals surface area contributed by atoms with E-state index in [9.17, 15) is 4.79 Å². The predicted octanol–water partition coefficient (Wildman–Crippen LogP) is 1.58. The lowest BCUT2D eigenvalue weighted by atomic mass is 10.2. The smallest absolute Gasteiger partial charge is 0.330 e. The van der Waals surface area contributed by atoms with E-state index in [1.54, 1.807) is 0 Å². The molecule has 0 unspecified atom stereocenters. The molecule has 1 N–H and O–H groups in total. The second-order valence-corrected chi connectivity index (χ2v) is 2.66. The summed E-state index contributed by atoms with van der Waals surface area (Å²) in [5.41, 5.74) is 0.218. The lowest BCUT2D eigenvalue weighted by Crippen LogP contribution is -2.04. The van der Waals surface area contributed by atoms with Crippen molar-refractivity contribution in [3.05, 3.63) is 25.0 Å². The number of carboxylic acids is 1. The Hall–Kier alpha value is -1.29. The van der Waals surface area contributed by atoms with E-state index in [-0.39, 0.29) is 5.57 Å². The topological polar surface area (TPSA) is 55.8 Å². The van der Waals surface area contributed by atoms with Crippen LogP contribution in [0.2, 0.25) is 0 Å². The third-order valence-electron chi connectivity index (χ3n) is 1.53. The van der Waals surface area contributed by atoms with Gasteiger partial charge in [-0.3, -0.25) is 0 Å². The van der Waals surface area contributed by atoms with Crippen LogP contribution < -0.4 is 0 Å². The molecule has 0 bridgehead atoms. The van der Waals surface area contributed by atoms with Crippen LogP contribution in [-0.2, 0) is 14.3 Å². The first-order valence-electron chi connectivity index (χ1n) is 4.39. The van der Waals surface area contributed by atoms with Crippen molar-refractivity contribution in [2.24, 2.45) is 0 Å². The van der Waals surface area contributed by atoms with E-state index in [2.05, 4.69) is 13.2 Å². The van der Waals surface area contributed by atoms with Gasteiger partial charge in [-0.05, 0) is 12.8 Å². The van der Waals surface area contributed by atoms with Crippen molar-refractivity contribution in [1.82, 2.24) is 0 Å². The van der Waals surface area contributed by atoms with Gasteiger partial charge < -0.3 is 14.6 Å². The van der Waals surface area contributed by atoms with Gasteiger partial charge in [0.25, 0.3) is 0 Å². The molecule has 0 aliphatic heterocycles. The molecule has 0 radical (unpaired) electrons. The fourth-order valence-corrected chi connectivity index (χ4v) is 0.787. The fourth-order valence-electron chi connectivity index (χ4n) is 0.787. The number of carboxylic acid groups (broad SMARTS) is 1. The monoisotopic (exact) mass is 200 g/mol. The summed E-state index contributed by atoms with van der Waals surface area (Å²) in [6.07, 6.45) is 2.48. The van der Waals surface area contributed by atoms with Crippen LogP contribution in [0.3, 0.4) is 0 Å². The zero-order chi connectivity index (χ0) is 10.8. The maximum atomic E-state index is 10.3. The molecule has 0 rings (SSSR count). The minimum atomic E-state index is -0.944. The van der Waals surface area contributed by atoms with Crippen LogP contribution in [0.15, 0.2) is 25.0 Å². The first-order valence-corrected chi connectivity index (χ1v) is 4.39. The zero-order valence-corrected chi connectivity index (χ0v) is 8.20. The SMILES string of the molecule is C=COCCOCCCC(=C)C(=O)O. The highest BCUT2D eigenvalue weighted by atomic mass is 16.5. The maximum absolute atomic E-state index is 10.3. The van der Waals surface area contributed by atoms with Crippen LogP contribution in [0, 0.1) is 0 Å². The average Bonchev–Trinajstić information content (AvgIpc) is 2.16. The highest BCUT2D eigenvalue weighted by Crippen LogP contribution is 2.01. The van der Waals surface area contributed by atoms with Crippen molar-refractivity contribution in [1.29, 1.82) is 0 Å².